The van der Waals surface area contributed by atoms with Crippen LogP contribution in [0, 0.1) is 5.92 Å². The van der Waals surface area contributed by atoms with E-state index in [9.17, 15) is 0 Å². The number of fused-ring (bicyclic) bond motifs is 1. The third-order valence-electron chi connectivity index (χ3n) is 5.90. The lowest BCUT2D eigenvalue weighted by Crippen LogP contribution is -2.45. The van der Waals surface area contributed by atoms with E-state index in [0.29, 0.717) is 22.0 Å². The number of benzene rings is 1. The number of imidazole rings is 1. The van der Waals surface area contributed by atoms with Crippen LogP contribution in [-0.4, -0.2) is 40.3 Å². The minimum Gasteiger partial charge on any atom is -0.381 e. The second-order valence-electron chi connectivity index (χ2n) is 7.59. The van der Waals surface area contributed by atoms with Gasteiger partial charge in [-0.05, 0) is 49.9 Å². The van der Waals surface area contributed by atoms with Crippen LogP contribution in [0.5, 0.6) is 0 Å². The minimum absolute atomic E-state index is 0.439. The van der Waals surface area contributed by atoms with Crippen molar-refractivity contribution in [3.63, 3.8) is 0 Å². The van der Waals surface area contributed by atoms with Crippen LogP contribution in [0.3, 0.4) is 0 Å². The first-order valence-corrected chi connectivity index (χ1v) is 10.6. The Hall–Kier alpha value is -1.82. The Kier molecular flexibility index (Phi) is 4.91. The fraction of sp³-hybridized carbons (Fsp3) is 0.429. The molecule has 4 heterocycles. The predicted octanol–water partition coefficient (Wildman–Crippen LogP) is 5.12. The first kappa shape index (κ1) is 18.2. The second kappa shape index (κ2) is 7.54. The normalized spacial score (nSPS) is 22.9. The summed E-state index contributed by atoms with van der Waals surface area (Å²) >= 11 is 12.6. The lowest BCUT2D eigenvalue weighted by atomic mass is 9.90. The van der Waals surface area contributed by atoms with E-state index in [0.717, 1.165) is 48.8 Å². The number of rotatable bonds is 3. The zero-order valence-corrected chi connectivity index (χ0v) is 17.0. The Morgan fingerprint density at radius 2 is 2.00 bits per heavy atom. The van der Waals surface area contributed by atoms with E-state index in [1.807, 2.05) is 24.4 Å². The van der Waals surface area contributed by atoms with E-state index < -0.39 is 0 Å². The van der Waals surface area contributed by atoms with Crippen LogP contribution in [0.25, 0.3) is 16.7 Å². The van der Waals surface area contributed by atoms with Crippen molar-refractivity contribution < 1.29 is 4.74 Å². The smallest absolute Gasteiger partial charge is 0.211 e. The van der Waals surface area contributed by atoms with Crippen LogP contribution in [0.2, 0.25) is 10.0 Å². The SMILES string of the molecule is Clc1cc2nc(N3CCCCC3C3CCOC3)n(-c3cccnc3)c2cc1Cl. The maximum absolute atomic E-state index is 6.36. The minimum atomic E-state index is 0.439. The molecule has 2 atom stereocenters. The molecule has 5 nitrogen and oxygen atoms in total. The molecule has 0 radical (unpaired) electrons. The van der Waals surface area contributed by atoms with Gasteiger partial charge in [0.05, 0.1) is 39.6 Å². The van der Waals surface area contributed by atoms with Crippen molar-refractivity contribution in [3.8, 4) is 5.69 Å². The molecule has 5 rings (SSSR count). The Bertz CT molecular complexity index is 985. The summed E-state index contributed by atoms with van der Waals surface area (Å²) in [6.45, 7) is 2.69. The Morgan fingerprint density at radius 1 is 1.11 bits per heavy atom. The van der Waals surface area contributed by atoms with Gasteiger partial charge >= 0.3 is 0 Å². The maximum atomic E-state index is 6.36. The summed E-state index contributed by atoms with van der Waals surface area (Å²) in [5.74, 6) is 1.49. The zero-order chi connectivity index (χ0) is 19.1. The van der Waals surface area contributed by atoms with Gasteiger partial charge in [0, 0.05) is 31.3 Å². The van der Waals surface area contributed by atoms with Gasteiger partial charge in [-0.15, -0.1) is 0 Å². The lowest BCUT2D eigenvalue weighted by molar-refractivity contribution is 0.176. The number of pyridine rings is 1. The number of hydrogen-bond donors (Lipinski definition) is 0. The van der Waals surface area contributed by atoms with E-state index >= 15 is 0 Å². The van der Waals surface area contributed by atoms with Crippen molar-refractivity contribution in [2.24, 2.45) is 5.92 Å². The van der Waals surface area contributed by atoms with Gasteiger partial charge in [0.25, 0.3) is 0 Å². The van der Waals surface area contributed by atoms with Crippen molar-refractivity contribution in [1.82, 2.24) is 14.5 Å². The highest BCUT2D eigenvalue weighted by Crippen LogP contribution is 2.37. The van der Waals surface area contributed by atoms with Gasteiger partial charge < -0.3 is 9.64 Å². The average Bonchev–Trinajstić information content (AvgIpc) is 3.37. The monoisotopic (exact) mass is 416 g/mol. The molecule has 2 fully saturated rings. The zero-order valence-electron chi connectivity index (χ0n) is 15.5. The number of aromatic nitrogens is 3. The topological polar surface area (TPSA) is 43.2 Å². The summed E-state index contributed by atoms with van der Waals surface area (Å²) in [5, 5.41) is 1.06. The molecular formula is C21H22Cl2N4O. The van der Waals surface area contributed by atoms with Crippen LogP contribution >= 0.6 is 23.2 Å². The van der Waals surface area contributed by atoms with E-state index in [4.69, 9.17) is 32.9 Å². The highest BCUT2D eigenvalue weighted by Gasteiger charge is 2.35. The molecular weight excluding hydrogens is 395 g/mol. The van der Waals surface area contributed by atoms with Crippen LogP contribution in [0.4, 0.5) is 5.95 Å². The van der Waals surface area contributed by atoms with E-state index in [2.05, 4.69) is 20.5 Å². The molecule has 1 aromatic carbocycles. The Balaban J connectivity index is 1.69. The summed E-state index contributed by atoms with van der Waals surface area (Å²) in [6.07, 6.45) is 8.36. The third-order valence-corrected chi connectivity index (χ3v) is 6.62. The number of hydrogen-bond acceptors (Lipinski definition) is 4. The maximum Gasteiger partial charge on any atom is 0.211 e. The highest BCUT2D eigenvalue weighted by atomic mass is 35.5. The molecule has 2 aliphatic heterocycles. The van der Waals surface area contributed by atoms with Crippen molar-refractivity contribution in [2.45, 2.75) is 31.7 Å². The molecule has 2 saturated heterocycles. The first-order valence-electron chi connectivity index (χ1n) is 9.84. The number of piperidine rings is 1. The van der Waals surface area contributed by atoms with Crippen molar-refractivity contribution in [3.05, 3.63) is 46.7 Å². The molecule has 3 aromatic rings. The largest absolute Gasteiger partial charge is 0.381 e. The molecule has 2 aliphatic rings. The summed E-state index contributed by atoms with van der Waals surface area (Å²) in [7, 11) is 0. The molecule has 0 bridgehead atoms. The van der Waals surface area contributed by atoms with Crippen LogP contribution in [0.1, 0.15) is 25.7 Å². The lowest BCUT2D eigenvalue weighted by Gasteiger charge is -2.39. The number of ether oxygens (including phenoxy) is 1. The molecule has 2 aromatic heterocycles. The summed E-state index contributed by atoms with van der Waals surface area (Å²) in [5.41, 5.74) is 2.77. The van der Waals surface area contributed by atoms with Gasteiger partial charge in [-0.1, -0.05) is 23.2 Å². The van der Waals surface area contributed by atoms with Crippen LogP contribution in [0.15, 0.2) is 36.7 Å². The van der Waals surface area contributed by atoms with Crippen molar-refractivity contribution >= 4 is 40.2 Å². The second-order valence-corrected chi connectivity index (χ2v) is 8.41. The van der Waals surface area contributed by atoms with Crippen molar-refractivity contribution in [2.75, 3.05) is 24.7 Å². The molecule has 146 valence electrons. The fourth-order valence-electron chi connectivity index (χ4n) is 4.55. The van der Waals surface area contributed by atoms with E-state index in [1.165, 1.54) is 19.3 Å². The Morgan fingerprint density at radius 3 is 2.79 bits per heavy atom. The quantitative estimate of drug-likeness (QED) is 0.593. The van der Waals surface area contributed by atoms with Gasteiger partial charge in [0.15, 0.2) is 0 Å². The van der Waals surface area contributed by atoms with E-state index in [1.54, 1.807) is 6.20 Å². The standard InChI is InChI=1S/C21H22Cl2N4O/c22-16-10-18-20(11-17(16)23)27(15-4-3-7-24-12-15)21(25-18)26-8-2-1-5-19(26)14-6-9-28-13-14/h3-4,7,10-12,14,19H,1-2,5-6,8-9,13H2. The molecule has 0 aliphatic carbocycles. The third kappa shape index (κ3) is 3.15. The predicted molar refractivity (Wildman–Crippen MR) is 113 cm³/mol. The fourth-order valence-corrected chi connectivity index (χ4v) is 4.86. The Labute approximate surface area is 174 Å². The molecule has 28 heavy (non-hydrogen) atoms. The van der Waals surface area contributed by atoms with Gasteiger partial charge in [-0.2, -0.15) is 0 Å². The van der Waals surface area contributed by atoms with Crippen LogP contribution < -0.4 is 4.90 Å². The summed E-state index contributed by atoms with van der Waals surface area (Å²) in [6, 6.07) is 8.20. The molecule has 0 N–H and O–H groups in total. The first-order chi connectivity index (χ1) is 13.7. The molecule has 0 saturated carbocycles. The van der Waals surface area contributed by atoms with Gasteiger partial charge in [-0.3, -0.25) is 9.55 Å². The van der Waals surface area contributed by atoms with Gasteiger partial charge in [-0.25, -0.2) is 4.98 Å². The van der Waals surface area contributed by atoms with Gasteiger partial charge in [0.2, 0.25) is 5.95 Å². The molecule has 2 unspecified atom stereocenters. The van der Waals surface area contributed by atoms with E-state index in [-0.39, 0.29) is 0 Å². The highest BCUT2D eigenvalue weighted by molar-refractivity contribution is 6.42. The molecule has 0 spiro atoms. The van der Waals surface area contributed by atoms with Crippen LogP contribution in [-0.2, 0) is 4.74 Å². The van der Waals surface area contributed by atoms with Gasteiger partial charge in [0.1, 0.15) is 0 Å². The summed E-state index contributed by atoms with van der Waals surface area (Å²) in [4.78, 5) is 11.8. The number of halogens is 2. The average molecular weight is 417 g/mol. The number of nitrogens with zero attached hydrogens (tertiary/aromatic N) is 4. The molecule has 0 amide bonds. The number of anilines is 1. The summed E-state index contributed by atoms with van der Waals surface area (Å²) < 4.78 is 7.87. The molecule has 7 heteroatoms. The van der Waals surface area contributed by atoms with Crippen molar-refractivity contribution in [1.29, 1.82) is 0 Å².